The number of methoxy groups -OCH3 is 1. The number of Topliss-reactive ketones (excluding diaryl/α,β-unsaturated/α-hetero) is 1. The van der Waals surface area contributed by atoms with Gasteiger partial charge in [0.1, 0.15) is 17.3 Å². The molecule has 7 heteroatoms. The Kier molecular flexibility index (Phi) is 7.31. The normalized spacial score (nSPS) is 17.9. The van der Waals surface area contributed by atoms with Crippen LogP contribution in [0.1, 0.15) is 36.9 Å². The minimum absolute atomic E-state index is 0.00597. The van der Waals surface area contributed by atoms with Gasteiger partial charge < -0.3 is 24.6 Å². The molecule has 1 atom stereocenters. The third kappa shape index (κ3) is 4.88. The van der Waals surface area contributed by atoms with Crippen LogP contribution >= 0.6 is 0 Å². The number of ether oxygens (including phenoxy) is 2. The molecule has 0 saturated carbocycles. The van der Waals surface area contributed by atoms with Gasteiger partial charge in [0, 0.05) is 19.2 Å². The summed E-state index contributed by atoms with van der Waals surface area (Å²) in [6.45, 7) is 3.11. The summed E-state index contributed by atoms with van der Waals surface area (Å²) in [7, 11) is 1.51. The molecule has 2 N–H and O–H groups in total. The minimum Gasteiger partial charge on any atom is -0.508 e. The second kappa shape index (κ2) is 10.1. The van der Waals surface area contributed by atoms with Crippen molar-refractivity contribution in [2.75, 3.05) is 26.9 Å². The average molecular weight is 425 g/mol. The third-order valence-corrected chi connectivity index (χ3v) is 5.18. The maximum atomic E-state index is 12.9. The molecule has 0 aliphatic carbocycles. The van der Waals surface area contributed by atoms with E-state index in [1.54, 1.807) is 36.4 Å². The van der Waals surface area contributed by atoms with Gasteiger partial charge >= 0.3 is 0 Å². The molecule has 0 bridgehead atoms. The topological polar surface area (TPSA) is 96.3 Å². The van der Waals surface area contributed by atoms with Crippen molar-refractivity contribution in [2.24, 2.45) is 0 Å². The maximum Gasteiger partial charge on any atom is 0.295 e. The van der Waals surface area contributed by atoms with Gasteiger partial charge in [-0.25, -0.2) is 0 Å². The second-order valence-corrected chi connectivity index (χ2v) is 7.30. The summed E-state index contributed by atoms with van der Waals surface area (Å²) in [5, 5.41) is 20.6. The molecular formula is C24H27NO6. The first kappa shape index (κ1) is 22.4. The van der Waals surface area contributed by atoms with Crippen molar-refractivity contribution in [2.45, 2.75) is 25.8 Å². The lowest BCUT2D eigenvalue weighted by Crippen LogP contribution is -2.32. The Balaban J connectivity index is 2.00. The lowest BCUT2D eigenvalue weighted by Gasteiger charge is -2.25. The SMILES string of the molecule is CCCCOc1ccc(/C(O)=C2\C(=O)C(=O)N(CCOC)C2c2ccc(O)cc2)cc1. The van der Waals surface area contributed by atoms with Crippen molar-refractivity contribution in [3.8, 4) is 11.5 Å². The van der Waals surface area contributed by atoms with Crippen LogP contribution in [0, 0.1) is 0 Å². The van der Waals surface area contributed by atoms with Crippen molar-refractivity contribution in [3.63, 3.8) is 0 Å². The number of ketones is 1. The Morgan fingerprint density at radius 2 is 1.71 bits per heavy atom. The molecule has 31 heavy (non-hydrogen) atoms. The summed E-state index contributed by atoms with van der Waals surface area (Å²) in [4.78, 5) is 27.0. The lowest BCUT2D eigenvalue weighted by molar-refractivity contribution is -0.140. The van der Waals surface area contributed by atoms with Crippen LogP contribution in [-0.4, -0.2) is 53.7 Å². The molecule has 1 fully saturated rings. The summed E-state index contributed by atoms with van der Waals surface area (Å²) in [5.74, 6) is -0.973. The number of hydrogen-bond donors (Lipinski definition) is 2. The predicted octanol–water partition coefficient (Wildman–Crippen LogP) is 3.64. The lowest BCUT2D eigenvalue weighted by atomic mass is 9.95. The molecule has 3 rings (SSSR count). The smallest absolute Gasteiger partial charge is 0.295 e. The summed E-state index contributed by atoms with van der Waals surface area (Å²) in [6.07, 6.45) is 1.97. The Hall–Kier alpha value is -3.32. The second-order valence-electron chi connectivity index (χ2n) is 7.30. The van der Waals surface area contributed by atoms with Gasteiger partial charge in [0.25, 0.3) is 11.7 Å². The minimum atomic E-state index is -0.781. The average Bonchev–Trinajstić information content (AvgIpc) is 3.03. The van der Waals surface area contributed by atoms with Gasteiger partial charge in [-0.05, 0) is 48.4 Å². The summed E-state index contributed by atoms with van der Waals surface area (Å²) < 4.78 is 10.7. The van der Waals surface area contributed by atoms with E-state index in [-0.39, 0.29) is 30.2 Å². The van der Waals surface area contributed by atoms with Crippen LogP contribution in [0.5, 0.6) is 11.5 Å². The van der Waals surface area contributed by atoms with Crippen LogP contribution in [-0.2, 0) is 14.3 Å². The molecule has 1 amide bonds. The zero-order chi connectivity index (χ0) is 22.4. The molecule has 1 aliphatic rings. The van der Waals surface area contributed by atoms with Crippen LogP contribution in [0.2, 0.25) is 0 Å². The Bertz CT molecular complexity index is 949. The van der Waals surface area contributed by atoms with E-state index in [4.69, 9.17) is 9.47 Å². The highest BCUT2D eigenvalue weighted by Gasteiger charge is 2.45. The highest BCUT2D eigenvalue weighted by atomic mass is 16.5. The molecule has 1 unspecified atom stereocenters. The van der Waals surface area contributed by atoms with E-state index in [0.717, 1.165) is 12.8 Å². The largest absolute Gasteiger partial charge is 0.508 e. The van der Waals surface area contributed by atoms with E-state index >= 15 is 0 Å². The van der Waals surface area contributed by atoms with E-state index in [2.05, 4.69) is 6.92 Å². The molecule has 2 aromatic rings. The van der Waals surface area contributed by atoms with E-state index < -0.39 is 17.7 Å². The van der Waals surface area contributed by atoms with Crippen LogP contribution in [0.4, 0.5) is 0 Å². The van der Waals surface area contributed by atoms with Crippen molar-refractivity contribution in [3.05, 3.63) is 65.2 Å². The number of unbranched alkanes of at least 4 members (excludes halogenated alkanes) is 1. The molecule has 164 valence electrons. The van der Waals surface area contributed by atoms with E-state index in [1.165, 1.54) is 24.1 Å². The van der Waals surface area contributed by atoms with Crippen LogP contribution in [0.3, 0.4) is 0 Å². The Morgan fingerprint density at radius 1 is 1.03 bits per heavy atom. The number of aromatic hydroxyl groups is 1. The van der Waals surface area contributed by atoms with Crippen molar-refractivity contribution >= 4 is 17.4 Å². The highest BCUT2D eigenvalue weighted by Crippen LogP contribution is 2.39. The van der Waals surface area contributed by atoms with E-state index in [1.807, 2.05) is 0 Å². The molecule has 2 aromatic carbocycles. The van der Waals surface area contributed by atoms with Crippen molar-refractivity contribution < 1.29 is 29.3 Å². The van der Waals surface area contributed by atoms with Crippen LogP contribution < -0.4 is 4.74 Å². The van der Waals surface area contributed by atoms with Crippen LogP contribution in [0.15, 0.2) is 54.1 Å². The zero-order valence-electron chi connectivity index (χ0n) is 17.7. The van der Waals surface area contributed by atoms with Crippen LogP contribution in [0.25, 0.3) is 5.76 Å². The first-order valence-electron chi connectivity index (χ1n) is 10.3. The summed E-state index contributed by atoms with van der Waals surface area (Å²) >= 11 is 0. The number of amides is 1. The van der Waals surface area contributed by atoms with Gasteiger partial charge in [-0.3, -0.25) is 9.59 Å². The quantitative estimate of drug-likeness (QED) is 0.276. The fourth-order valence-electron chi connectivity index (χ4n) is 3.50. The first-order chi connectivity index (χ1) is 15.0. The monoisotopic (exact) mass is 425 g/mol. The van der Waals surface area contributed by atoms with E-state index in [0.29, 0.717) is 23.5 Å². The number of benzene rings is 2. The molecule has 1 aliphatic heterocycles. The molecular weight excluding hydrogens is 398 g/mol. The molecule has 7 nitrogen and oxygen atoms in total. The maximum absolute atomic E-state index is 12.9. The standard InChI is InChI=1S/C24H27NO6/c1-3-4-14-31-19-11-7-17(8-12-19)22(27)20-21(16-5-9-18(26)10-6-16)25(13-15-30-2)24(29)23(20)28/h5-12,21,26-27H,3-4,13-15H2,1-2H3/b22-20+. The Morgan fingerprint density at radius 3 is 2.32 bits per heavy atom. The number of carbonyl (C=O) groups is 2. The molecule has 0 spiro atoms. The first-order valence-corrected chi connectivity index (χ1v) is 10.3. The van der Waals surface area contributed by atoms with Crippen molar-refractivity contribution in [1.82, 2.24) is 4.90 Å². The van der Waals surface area contributed by atoms with Crippen molar-refractivity contribution in [1.29, 1.82) is 0 Å². The van der Waals surface area contributed by atoms with Gasteiger partial charge in [0.2, 0.25) is 0 Å². The number of phenols is 1. The van der Waals surface area contributed by atoms with Gasteiger partial charge in [0.15, 0.2) is 0 Å². The molecule has 0 radical (unpaired) electrons. The number of carbonyl (C=O) groups excluding carboxylic acids is 2. The highest BCUT2D eigenvalue weighted by molar-refractivity contribution is 6.46. The van der Waals surface area contributed by atoms with Gasteiger partial charge in [-0.2, -0.15) is 0 Å². The number of phenolic OH excluding ortho intramolecular Hbond substituents is 1. The molecule has 1 heterocycles. The molecule has 1 saturated heterocycles. The number of aliphatic hydroxyl groups is 1. The number of aliphatic hydroxyl groups excluding tert-OH is 1. The predicted molar refractivity (Wildman–Crippen MR) is 116 cm³/mol. The van der Waals surface area contributed by atoms with Gasteiger partial charge in [-0.15, -0.1) is 0 Å². The fourth-order valence-corrected chi connectivity index (χ4v) is 3.50. The number of nitrogens with zero attached hydrogens (tertiary/aromatic N) is 1. The zero-order valence-corrected chi connectivity index (χ0v) is 17.7. The number of hydrogen-bond acceptors (Lipinski definition) is 6. The summed E-state index contributed by atoms with van der Waals surface area (Å²) in [5.41, 5.74) is 1.02. The number of likely N-dealkylation sites (tertiary alicyclic amines) is 1. The Labute approximate surface area is 181 Å². The number of rotatable bonds is 9. The fraction of sp³-hybridized carbons (Fsp3) is 0.333. The molecule has 0 aromatic heterocycles. The van der Waals surface area contributed by atoms with Gasteiger partial charge in [-0.1, -0.05) is 25.5 Å². The van der Waals surface area contributed by atoms with Gasteiger partial charge in [0.05, 0.1) is 24.8 Å². The third-order valence-electron chi connectivity index (χ3n) is 5.18. The summed E-state index contributed by atoms with van der Waals surface area (Å²) in [6, 6.07) is 12.2. The van der Waals surface area contributed by atoms with E-state index in [9.17, 15) is 19.8 Å².